The van der Waals surface area contributed by atoms with Gasteiger partial charge in [-0.2, -0.15) is 0 Å². The SMILES string of the molecule is C.CO[C@@H]1OC(C=O)[C@H]2OC(C)(C)O[C@@H]12.CO[C@@H]1O[C@H](CO)[C@H]2OC(C)(C)O[C@@H]12. The monoisotopic (exact) mass is 422 g/mol. The van der Waals surface area contributed by atoms with E-state index in [1.165, 1.54) is 7.11 Å². The molecule has 0 saturated carbocycles. The molecule has 0 aromatic carbocycles. The van der Waals surface area contributed by atoms with Gasteiger partial charge in [0, 0.05) is 14.2 Å². The van der Waals surface area contributed by atoms with Gasteiger partial charge in [-0.3, -0.25) is 0 Å². The largest absolute Gasteiger partial charge is 0.394 e. The Morgan fingerprint density at radius 1 is 0.828 bits per heavy atom. The van der Waals surface area contributed by atoms with Gasteiger partial charge in [0.1, 0.15) is 36.6 Å². The Labute approximate surface area is 171 Å². The number of hydrogen-bond acceptors (Lipinski definition) is 10. The number of aldehydes is 1. The summed E-state index contributed by atoms with van der Waals surface area (Å²) in [6.45, 7) is 7.21. The molecule has 4 aliphatic heterocycles. The molecule has 0 aromatic rings. The molecule has 8 atom stereocenters. The van der Waals surface area contributed by atoms with E-state index >= 15 is 0 Å². The minimum absolute atomic E-state index is 0. The Kier molecular flexibility index (Phi) is 7.80. The molecule has 10 nitrogen and oxygen atoms in total. The van der Waals surface area contributed by atoms with E-state index in [0.717, 1.165) is 6.29 Å². The van der Waals surface area contributed by atoms with Crippen LogP contribution in [0.2, 0.25) is 0 Å². The second-order valence-corrected chi connectivity index (χ2v) is 7.93. The smallest absolute Gasteiger partial charge is 0.187 e. The molecule has 4 rings (SSSR count). The van der Waals surface area contributed by atoms with Crippen molar-refractivity contribution in [3.05, 3.63) is 0 Å². The molecule has 0 bridgehead atoms. The fourth-order valence-corrected chi connectivity index (χ4v) is 3.87. The molecule has 1 unspecified atom stereocenters. The fraction of sp³-hybridized carbons (Fsp3) is 0.947. The van der Waals surface area contributed by atoms with E-state index < -0.39 is 30.3 Å². The van der Waals surface area contributed by atoms with Crippen molar-refractivity contribution in [2.24, 2.45) is 0 Å². The Hall–Kier alpha value is -0.690. The van der Waals surface area contributed by atoms with Gasteiger partial charge in [-0.25, -0.2) is 0 Å². The molecular weight excluding hydrogens is 388 g/mol. The van der Waals surface area contributed by atoms with Gasteiger partial charge in [0.2, 0.25) is 0 Å². The fourth-order valence-electron chi connectivity index (χ4n) is 3.87. The summed E-state index contributed by atoms with van der Waals surface area (Å²) in [5, 5.41) is 9.08. The number of fused-ring (bicyclic) bond motifs is 2. The molecule has 4 aliphatic rings. The van der Waals surface area contributed by atoms with Crippen molar-refractivity contribution < 1.29 is 47.8 Å². The average Bonchev–Trinajstić information content (AvgIpc) is 3.31. The van der Waals surface area contributed by atoms with Crippen LogP contribution in [0.1, 0.15) is 35.1 Å². The van der Waals surface area contributed by atoms with Gasteiger partial charge in [0.15, 0.2) is 30.4 Å². The van der Waals surface area contributed by atoms with Crippen LogP contribution in [0.5, 0.6) is 0 Å². The molecule has 4 heterocycles. The Morgan fingerprint density at radius 3 is 1.76 bits per heavy atom. The number of ether oxygens (including phenoxy) is 8. The minimum Gasteiger partial charge on any atom is -0.394 e. The summed E-state index contributed by atoms with van der Waals surface area (Å²) in [6.07, 6.45) is -2.33. The average molecular weight is 422 g/mol. The van der Waals surface area contributed by atoms with Crippen LogP contribution in [0.25, 0.3) is 0 Å². The summed E-state index contributed by atoms with van der Waals surface area (Å²) in [6, 6.07) is 0. The molecule has 4 fully saturated rings. The zero-order chi connectivity index (χ0) is 20.7. The lowest BCUT2D eigenvalue weighted by molar-refractivity contribution is -0.230. The van der Waals surface area contributed by atoms with Gasteiger partial charge in [0.05, 0.1) is 6.61 Å². The number of aliphatic hydroxyl groups is 1. The quantitative estimate of drug-likeness (QED) is 0.646. The number of methoxy groups -OCH3 is 2. The van der Waals surface area contributed by atoms with Gasteiger partial charge in [-0.1, -0.05) is 7.43 Å². The zero-order valence-electron chi connectivity index (χ0n) is 17.0. The lowest BCUT2D eigenvalue weighted by Gasteiger charge is -2.22. The van der Waals surface area contributed by atoms with E-state index in [-0.39, 0.29) is 44.6 Å². The minimum atomic E-state index is -0.669. The molecule has 0 aliphatic carbocycles. The highest BCUT2D eigenvalue weighted by Crippen LogP contribution is 2.39. The maximum atomic E-state index is 10.7. The van der Waals surface area contributed by atoms with Crippen molar-refractivity contribution >= 4 is 6.29 Å². The molecule has 0 amide bonds. The van der Waals surface area contributed by atoms with Crippen molar-refractivity contribution in [3.63, 3.8) is 0 Å². The highest BCUT2D eigenvalue weighted by molar-refractivity contribution is 5.58. The predicted octanol–water partition coefficient (Wildman–Crippen LogP) is 0.583. The van der Waals surface area contributed by atoms with Crippen LogP contribution in [-0.4, -0.2) is 93.0 Å². The van der Waals surface area contributed by atoms with E-state index in [9.17, 15) is 4.79 Å². The molecule has 0 aromatic heterocycles. The van der Waals surface area contributed by atoms with Gasteiger partial charge < -0.3 is 47.8 Å². The Morgan fingerprint density at radius 2 is 1.28 bits per heavy atom. The standard InChI is InChI=1S/C9H16O5.C9H14O5.CH4/c2*1-9(2)13-6-5(4-10)12-8(11-3)7(6)14-9;/h5-8,10H,4H2,1-3H3;4-8H,1-3H3;1H4/t5-,6-,7-,8-;5?,6-,7-,8-;/m11./s1. The molecule has 0 spiro atoms. The molecule has 10 heteroatoms. The van der Waals surface area contributed by atoms with Gasteiger partial charge in [0.25, 0.3) is 0 Å². The normalized spacial score (nSPS) is 43.7. The molecule has 4 saturated heterocycles. The number of aliphatic hydroxyl groups excluding tert-OH is 1. The topological polar surface area (TPSA) is 111 Å². The van der Waals surface area contributed by atoms with Crippen molar-refractivity contribution in [1.82, 2.24) is 0 Å². The Balaban J connectivity index is 0.000000200. The lowest BCUT2D eigenvalue weighted by atomic mass is 10.1. The first-order chi connectivity index (χ1) is 13.1. The summed E-state index contributed by atoms with van der Waals surface area (Å²) in [5.74, 6) is -1.29. The number of carbonyl (C=O) groups excluding carboxylic acids is 1. The van der Waals surface area contributed by atoms with Crippen LogP contribution in [0.4, 0.5) is 0 Å². The Bertz CT molecular complexity index is 533. The predicted molar refractivity (Wildman–Crippen MR) is 98.9 cm³/mol. The van der Waals surface area contributed by atoms with Crippen LogP contribution in [0.15, 0.2) is 0 Å². The van der Waals surface area contributed by atoms with Gasteiger partial charge in [-0.05, 0) is 27.7 Å². The van der Waals surface area contributed by atoms with Crippen LogP contribution in [0, 0.1) is 0 Å². The van der Waals surface area contributed by atoms with Crippen LogP contribution >= 0.6 is 0 Å². The number of hydrogen-bond donors (Lipinski definition) is 1. The van der Waals surface area contributed by atoms with Crippen molar-refractivity contribution in [2.45, 2.75) is 95.9 Å². The van der Waals surface area contributed by atoms with Crippen LogP contribution in [-0.2, 0) is 42.7 Å². The van der Waals surface area contributed by atoms with Crippen molar-refractivity contribution in [2.75, 3.05) is 20.8 Å². The van der Waals surface area contributed by atoms with Gasteiger partial charge >= 0.3 is 0 Å². The summed E-state index contributed by atoms with van der Waals surface area (Å²) in [5.41, 5.74) is 0. The first kappa shape index (κ1) is 24.6. The molecule has 0 radical (unpaired) electrons. The molecule has 170 valence electrons. The zero-order valence-corrected chi connectivity index (χ0v) is 17.0. The van der Waals surface area contributed by atoms with Crippen LogP contribution in [0.3, 0.4) is 0 Å². The summed E-state index contributed by atoms with van der Waals surface area (Å²) < 4.78 is 43.2. The second kappa shape index (κ2) is 9.21. The molecule has 1 N–H and O–H groups in total. The van der Waals surface area contributed by atoms with E-state index in [1.54, 1.807) is 21.0 Å². The third-order valence-electron chi connectivity index (χ3n) is 4.93. The lowest BCUT2D eigenvalue weighted by Crippen LogP contribution is -2.31. The maximum absolute atomic E-state index is 10.7. The van der Waals surface area contributed by atoms with E-state index in [2.05, 4.69) is 0 Å². The maximum Gasteiger partial charge on any atom is 0.187 e. The third kappa shape index (κ3) is 4.97. The first-order valence-corrected chi connectivity index (χ1v) is 9.28. The highest BCUT2D eigenvalue weighted by Gasteiger charge is 2.56. The van der Waals surface area contributed by atoms with Crippen LogP contribution < -0.4 is 0 Å². The third-order valence-corrected chi connectivity index (χ3v) is 4.93. The number of rotatable bonds is 4. The second-order valence-electron chi connectivity index (χ2n) is 7.93. The summed E-state index contributed by atoms with van der Waals surface area (Å²) >= 11 is 0. The van der Waals surface area contributed by atoms with E-state index in [0.29, 0.717) is 0 Å². The molecule has 29 heavy (non-hydrogen) atoms. The first-order valence-electron chi connectivity index (χ1n) is 9.28. The van der Waals surface area contributed by atoms with Gasteiger partial charge in [-0.15, -0.1) is 0 Å². The van der Waals surface area contributed by atoms with Crippen molar-refractivity contribution in [1.29, 1.82) is 0 Å². The van der Waals surface area contributed by atoms with E-state index in [4.69, 9.17) is 43.0 Å². The highest BCUT2D eigenvalue weighted by atomic mass is 16.8. The summed E-state index contributed by atoms with van der Waals surface area (Å²) in [7, 11) is 3.07. The van der Waals surface area contributed by atoms with E-state index in [1.807, 2.05) is 13.8 Å². The molecular formula is C19H34O10. The summed E-state index contributed by atoms with van der Waals surface area (Å²) in [4.78, 5) is 10.7. The van der Waals surface area contributed by atoms with Crippen molar-refractivity contribution in [3.8, 4) is 0 Å². The number of carbonyl (C=O) groups is 1.